The highest BCUT2D eigenvalue weighted by atomic mass is 16.5. The van der Waals surface area contributed by atoms with Crippen LogP contribution in [0.2, 0.25) is 0 Å². The van der Waals surface area contributed by atoms with E-state index in [1.807, 2.05) is 46.8 Å². The molecule has 94 valence electrons. The van der Waals surface area contributed by atoms with Gasteiger partial charge in [-0.25, -0.2) is 0 Å². The van der Waals surface area contributed by atoms with Crippen LogP contribution in [-0.2, 0) is 11.1 Å². The van der Waals surface area contributed by atoms with Gasteiger partial charge >= 0.3 is 0 Å². The number of hydrogen-bond acceptors (Lipinski definition) is 3. The Kier molecular flexibility index (Phi) is 2.71. The van der Waals surface area contributed by atoms with Crippen LogP contribution in [0.25, 0.3) is 0 Å². The maximum atomic E-state index is 10.3. The summed E-state index contributed by atoms with van der Waals surface area (Å²) in [6.45, 7) is 10.7. The zero-order chi connectivity index (χ0) is 12.8. The van der Waals surface area contributed by atoms with Gasteiger partial charge < -0.3 is 9.94 Å². The molecule has 0 spiro atoms. The molecule has 3 nitrogen and oxygen atoms in total. The molecule has 0 atom stereocenters. The lowest BCUT2D eigenvalue weighted by Crippen LogP contribution is -2.42. The summed E-state index contributed by atoms with van der Waals surface area (Å²) in [5.74, 6) is 0.866. The Morgan fingerprint density at radius 2 is 1.71 bits per heavy atom. The van der Waals surface area contributed by atoms with Gasteiger partial charge in [-0.2, -0.15) is 5.06 Å². The quantitative estimate of drug-likeness (QED) is 0.854. The molecule has 1 N–H and O–H groups in total. The minimum absolute atomic E-state index is 0.358. The van der Waals surface area contributed by atoms with Crippen molar-refractivity contribution < 1.29 is 9.94 Å². The molecule has 1 aliphatic heterocycles. The average Bonchev–Trinajstić information content (AvgIpc) is 2.39. The lowest BCUT2D eigenvalue weighted by molar-refractivity contribution is -0.216. The summed E-state index contributed by atoms with van der Waals surface area (Å²) >= 11 is 0. The first kappa shape index (κ1) is 12.4. The van der Waals surface area contributed by atoms with Crippen LogP contribution in [0, 0.1) is 0 Å². The van der Waals surface area contributed by atoms with E-state index in [2.05, 4.69) is 6.07 Å². The molecule has 1 aliphatic rings. The Bertz CT molecular complexity index is 438. The second kappa shape index (κ2) is 3.72. The Morgan fingerprint density at radius 1 is 1.12 bits per heavy atom. The van der Waals surface area contributed by atoms with Crippen molar-refractivity contribution >= 4 is 0 Å². The SMILES string of the molecule is CCOc1ccc2c(c1)C(C)(C)N(O)C2(C)C. The van der Waals surface area contributed by atoms with Crippen LogP contribution in [0.15, 0.2) is 18.2 Å². The Labute approximate surface area is 103 Å². The van der Waals surface area contributed by atoms with Crippen molar-refractivity contribution in [2.45, 2.75) is 45.7 Å². The molecule has 0 saturated carbocycles. The second-order valence-electron chi connectivity index (χ2n) is 5.57. The second-order valence-corrected chi connectivity index (χ2v) is 5.57. The van der Waals surface area contributed by atoms with Gasteiger partial charge in [-0.05, 0) is 57.9 Å². The van der Waals surface area contributed by atoms with Crippen LogP contribution in [0.5, 0.6) is 5.75 Å². The van der Waals surface area contributed by atoms with Gasteiger partial charge in [-0.1, -0.05) is 6.07 Å². The first-order chi connectivity index (χ1) is 7.81. The molecule has 0 unspecified atom stereocenters. The lowest BCUT2D eigenvalue weighted by atomic mass is 9.90. The third-order valence-corrected chi connectivity index (χ3v) is 3.68. The van der Waals surface area contributed by atoms with Crippen molar-refractivity contribution in [1.82, 2.24) is 5.06 Å². The topological polar surface area (TPSA) is 32.7 Å². The highest BCUT2D eigenvalue weighted by Crippen LogP contribution is 2.48. The Morgan fingerprint density at radius 3 is 2.29 bits per heavy atom. The Balaban J connectivity index is 2.56. The summed E-state index contributed by atoms with van der Waals surface area (Å²) in [4.78, 5) is 0. The van der Waals surface area contributed by atoms with Gasteiger partial charge in [0.05, 0.1) is 17.7 Å². The number of nitrogens with zero attached hydrogens (tertiary/aromatic N) is 1. The van der Waals surface area contributed by atoms with Crippen molar-refractivity contribution in [3.05, 3.63) is 29.3 Å². The average molecular weight is 235 g/mol. The molecular weight excluding hydrogens is 214 g/mol. The first-order valence-corrected chi connectivity index (χ1v) is 6.09. The van der Waals surface area contributed by atoms with E-state index in [0.29, 0.717) is 6.61 Å². The van der Waals surface area contributed by atoms with Crippen molar-refractivity contribution in [1.29, 1.82) is 0 Å². The van der Waals surface area contributed by atoms with E-state index in [1.54, 1.807) is 0 Å². The van der Waals surface area contributed by atoms with Crippen LogP contribution in [0.3, 0.4) is 0 Å². The zero-order valence-electron chi connectivity index (χ0n) is 11.2. The molecule has 0 bridgehead atoms. The zero-order valence-corrected chi connectivity index (χ0v) is 11.2. The molecule has 1 aromatic carbocycles. The minimum atomic E-state index is -0.383. The first-order valence-electron chi connectivity index (χ1n) is 6.09. The summed E-state index contributed by atoms with van der Waals surface area (Å²) in [6.07, 6.45) is 0. The van der Waals surface area contributed by atoms with Crippen LogP contribution in [0.4, 0.5) is 0 Å². The molecule has 0 saturated heterocycles. The van der Waals surface area contributed by atoms with E-state index in [9.17, 15) is 5.21 Å². The van der Waals surface area contributed by atoms with Crippen molar-refractivity contribution in [3.8, 4) is 5.75 Å². The molecule has 1 heterocycles. The van der Waals surface area contributed by atoms with E-state index < -0.39 is 0 Å². The minimum Gasteiger partial charge on any atom is -0.494 e. The number of fused-ring (bicyclic) bond motifs is 1. The highest BCUT2D eigenvalue weighted by Gasteiger charge is 2.48. The summed E-state index contributed by atoms with van der Waals surface area (Å²) in [5.41, 5.74) is 1.56. The van der Waals surface area contributed by atoms with E-state index in [-0.39, 0.29) is 11.1 Å². The summed E-state index contributed by atoms with van der Waals surface area (Å²) in [6, 6.07) is 6.06. The van der Waals surface area contributed by atoms with Gasteiger partial charge in [0.1, 0.15) is 5.75 Å². The van der Waals surface area contributed by atoms with Gasteiger partial charge in [0.25, 0.3) is 0 Å². The molecule has 0 aromatic heterocycles. The molecule has 0 amide bonds. The van der Waals surface area contributed by atoms with Gasteiger partial charge in [0.2, 0.25) is 0 Å². The molecule has 17 heavy (non-hydrogen) atoms. The smallest absolute Gasteiger partial charge is 0.119 e. The van der Waals surface area contributed by atoms with Gasteiger partial charge in [-0.3, -0.25) is 0 Å². The number of ether oxygens (including phenoxy) is 1. The molecule has 0 fully saturated rings. The van der Waals surface area contributed by atoms with Crippen molar-refractivity contribution in [2.24, 2.45) is 0 Å². The third kappa shape index (κ3) is 1.65. The number of benzene rings is 1. The van der Waals surface area contributed by atoms with Crippen LogP contribution in [-0.4, -0.2) is 16.9 Å². The number of rotatable bonds is 2. The normalized spacial score (nSPS) is 21.3. The molecular formula is C14H21NO2. The van der Waals surface area contributed by atoms with Gasteiger partial charge in [0, 0.05) is 0 Å². The summed E-state index contributed by atoms with van der Waals surface area (Å²) in [5, 5.41) is 11.8. The summed E-state index contributed by atoms with van der Waals surface area (Å²) < 4.78 is 5.53. The predicted molar refractivity (Wildman–Crippen MR) is 67.3 cm³/mol. The van der Waals surface area contributed by atoms with Crippen LogP contribution < -0.4 is 4.74 Å². The van der Waals surface area contributed by atoms with Gasteiger partial charge in [-0.15, -0.1) is 0 Å². The number of hydrogen-bond donors (Lipinski definition) is 1. The van der Waals surface area contributed by atoms with Gasteiger partial charge in [0.15, 0.2) is 0 Å². The van der Waals surface area contributed by atoms with Crippen LogP contribution >= 0.6 is 0 Å². The maximum Gasteiger partial charge on any atom is 0.119 e. The van der Waals surface area contributed by atoms with Crippen molar-refractivity contribution in [3.63, 3.8) is 0 Å². The van der Waals surface area contributed by atoms with E-state index in [1.165, 1.54) is 5.06 Å². The molecule has 2 rings (SSSR count). The fraction of sp³-hybridized carbons (Fsp3) is 0.571. The molecule has 1 aromatic rings. The monoisotopic (exact) mass is 235 g/mol. The molecule has 0 radical (unpaired) electrons. The fourth-order valence-corrected chi connectivity index (χ4v) is 2.75. The van der Waals surface area contributed by atoms with E-state index in [4.69, 9.17) is 4.74 Å². The third-order valence-electron chi connectivity index (χ3n) is 3.68. The van der Waals surface area contributed by atoms with E-state index >= 15 is 0 Å². The van der Waals surface area contributed by atoms with Crippen LogP contribution in [0.1, 0.15) is 45.7 Å². The predicted octanol–water partition coefficient (Wildman–Crippen LogP) is 3.26. The molecule has 3 heteroatoms. The molecule has 0 aliphatic carbocycles. The van der Waals surface area contributed by atoms with E-state index in [0.717, 1.165) is 16.9 Å². The standard InChI is InChI=1S/C14H21NO2/c1-6-17-10-7-8-11-12(9-10)14(4,5)15(16)13(11,2)3/h7-9,16H,6H2,1-5H3. The maximum absolute atomic E-state index is 10.3. The fourth-order valence-electron chi connectivity index (χ4n) is 2.75. The summed E-state index contributed by atoms with van der Waals surface area (Å²) in [7, 11) is 0. The Hall–Kier alpha value is -1.06. The largest absolute Gasteiger partial charge is 0.494 e. The lowest BCUT2D eigenvalue weighted by Gasteiger charge is -2.34. The van der Waals surface area contributed by atoms with Crippen molar-refractivity contribution in [2.75, 3.05) is 6.61 Å². The highest BCUT2D eigenvalue weighted by molar-refractivity contribution is 5.46. The number of hydroxylamine groups is 2.